The lowest BCUT2D eigenvalue weighted by Gasteiger charge is -2.32. The van der Waals surface area contributed by atoms with Gasteiger partial charge in [0, 0.05) is 25.7 Å². The van der Waals surface area contributed by atoms with E-state index in [9.17, 15) is 4.79 Å². The number of aliphatic imine (C=N–C) groups is 1. The van der Waals surface area contributed by atoms with Gasteiger partial charge in [-0.05, 0) is 62.8 Å². The number of hydrogen-bond donors (Lipinski definition) is 2. The Balaban J connectivity index is 0.00000300. The zero-order valence-electron chi connectivity index (χ0n) is 17.4. The molecule has 1 saturated carbocycles. The number of carbonyl (C=O) groups excluding carboxylic acids is 1. The van der Waals surface area contributed by atoms with E-state index in [1.807, 2.05) is 6.92 Å². The number of piperidine rings is 1. The molecule has 1 saturated heterocycles. The van der Waals surface area contributed by atoms with Crippen LogP contribution in [0, 0.1) is 5.92 Å². The van der Waals surface area contributed by atoms with E-state index in [-0.39, 0.29) is 36.1 Å². The standard InChI is InChI=1S/C22H34N4O2.HI/c1-2-28-22(27)26-14-12-20(13-15-26)25-21(23)24-16-17-8-10-19(11-9-17)18-6-4-3-5-7-18;/h3-7,17,19-20H,2,8-16H2,1H3,(H3,23,24,25);1H. The van der Waals surface area contributed by atoms with Gasteiger partial charge in [-0.1, -0.05) is 30.3 Å². The van der Waals surface area contributed by atoms with Gasteiger partial charge in [-0.25, -0.2) is 4.79 Å². The van der Waals surface area contributed by atoms with Crippen molar-refractivity contribution in [3.05, 3.63) is 35.9 Å². The highest BCUT2D eigenvalue weighted by Crippen LogP contribution is 2.35. The third-order valence-electron chi connectivity index (χ3n) is 6.01. The van der Waals surface area contributed by atoms with E-state index in [0.717, 1.165) is 19.4 Å². The SMILES string of the molecule is CCOC(=O)N1CCC(NC(N)=NCC2CCC(c3ccccc3)CC2)CC1.I. The van der Waals surface area contributed by atoms with Crippen LogP contribution in [-0.4, -0.2) is 49.2 Å². The molecule has 6 nitrogen and oxygen atoms in total. The van der Waals surface area contributed by atoms with Crippen molar-refractivity contribution < 1.29 is 9.53 Å². The first-order chi connectivity index (χ1) is 13.7. The van der Waals surface area contributed by atoms with E-state index in [4.69, 9.17) is 10.5 Å². The predicted octanol–water partition coefficient (Wildman–Crippen LogP) is 4.10. The second kappa shape index (κ2) is 12.2. The van der Waals surface area contributed by atoms with Crippen LogP contribution in [0.5, 0.6) is 0 Å². The minimum atomic E-state index is -0.214. The number of nitrogens with one attached hydrogen (secondary N) is 1. The molecular formula is C22H35IN4O2. The lowest BCUT2D eigenvalue weighted by Crippen LogP contribution is -2.48. The highest BCUT2D eigenvalue weighted by molar-refractivity contribution is 14.0. The van der Waals surface area contributed by atoms with Gasteiger partial charge in [0.25, 0.3) is 0 Å². The molecule has 1 amide bonds. The minimum Gasteiger partial charge on any atom is -0.450 e. The Morgan fingerprint density at radius 2 is 1.79 bits per heavy atom. The summed E-state index contributed by atoms with van der Waals surface area (Å²) in [7, 11) is 0. The Morgan fingerprint density at radius 1 is 1.14 bits per heavy atom. The highest BCUT2D eigenvalue weighted by atomic mass is 127. The van der Waals surface area contributed by atoms with Crippen molar-refractivity contribution in [2.45, 2.75) is 57.4 Å². The second-order valence-electron chi connectivity index (χ2n) is 7.96. The summed E-state index contributed by atoms with van der Waals surface area (Å²) in [6.07, 6.45) is 6.44. The first kappa shape index (κ1) is 23.8. The minimum absolute atomic E-state index is 0. The molecule has 7 heteroatoms. The van der Waals surface area contributed by atoms with E-state index in [1.165, 1.54) is 31.2 Å². The van der Waals surface area contributed by atoms with Crippen molar-refractivity contribution >= 4 is 36.0 Å². The summed E-state index contributed by atoms with van der Waals surface area (Å²) >= 11 is 0. The summed E-state index contributed by atoms with van der Waals surface area (Å²) < 4.78 is 5.06. The quantitative estimate of drug-likeness (QED) is 0.352. The molecule has 2 fully saturated rings. The number of nitrogens with zero attached hydrogens (tertiary/aromatic N) is 2. The zero-order valence-corrected chi connectivity index (χ0v) is 19.7. The molecule has 0 unspecified atom stereocenters. The molecule has 1 aliphatic carbocycles. The first-order valence-electron chi connectivity index (χ1n) is 10.7. The van der Waals surface area contributed by atoms with Gasteiger partial charge in [0.05, 0.1) is 6.61 Å². The molecule has 1 aromatic carbocycles. The van der Waals surface area contributed by atoms with Crippen molar-refractivity contribution in [3.63, 3.8) is 0 Å². The number of carbonyl (C=O) groups is 1. The van der Waals surface area contributed by atoms with Crippen molar-refractivity contribution in [2.24, 2.45) is 16.6 Å². The van der Waals surface area contributed by atoms with Crippen LogP contribution >= 0.6 is 24.0 Å². The van der Waals surface area contributed by atoms with E-state index in [0.29, 0.717) is 37.5 Å². The number of amides is 1. The van der Waals surface area contributed by atoms with Crippen molar-refractivity contribution in [1.29, 1.82) is 0 Å². The maximum atomic E-state index is 11.8. The molecule has 1 aliphatic heterocycles. The number of likely N-dealkylation sites (tertiary alicyclic amines) is 1. The lowest BCUT2D eigenvalue weighted by molar-refractivity contribution is 0.0963. The third-order valence-corrected chi connectivity index (χ3v) is 6.01. The van der Waals surface area contributed by atoms with Gasteiger partial charge in [-0.2, -0.15) is 0 Å². The summed E-state index contributed by atoms with van der Waals surface area (Å²) in [5.41, 5.74) is 7.59. The molecule has 29 heavy (non-hydrogen) atoms. The predicted molar refractivity (Wildman–Crippen MR) is 128 cm³/mol. The Morgan fingerprint density at radius 3 is 2.41 bits per heavy atom. The van der Waals surface area contributed by atoms with E-state index < -0.39 is 0 Å². The van der Waals surface area contributed by atoms with Crippen LogP contribution in [-0.2, 0) is 4.74 Å². The van der Waals surface area contributed by atoms with Crippen LogP contribution in [0.3, 0.4) is 0 Å². The summed E-state index contributed by atoms with van der Waals surface area (Å²) in [5, 5.41) is 3.33. The maximum absolute atomic E-state index is 11.8. The lowest BCUT2D eigenvalue weighted by atomic mass is 9.79. The van der Waals surface area contributed by atoms with Crippen molar-refractivity contribution in [2.75, 3.05) is 26.2 Å². The van der Waals surface area contributed by atoms with E-state index in [1.54, 1.807) is 4.90 Å². The smallest absolute Gasteiger partial charge is 0.409 e. The number of ether oxygens (including phenoxy) is 1. The Bertz CT molecular complexity index is 639. The van der Waals surface area contributed by atoms with Crippen LogP contribution in [0.1, 0.15) is 56.9 Å². The zero-order chi connectivity index (χ0) is 19.8. The third kappa shape index (κ3) is 7.35. The van der Waals surface area contributed by atoms with Gasteiger partial charge in [0.1, 0.15) is 0 Å². The number of halogens is 1. The largest absolute Gasteiger partial charge is 0.450 e. The molecule has 2 aliphatic rings. The molecule has 1 aromatic rings. The maximum Gasteiger partial charge on any atom is 0.409 e. The average molecular weight is 514 g/mol. The summed E-state index contributed by atoms with van der Waals surface area (Å²) in [6.45, 7) is 4.46. The average Bonchev–Trinajstić information content (AvgIpc) is 2.74. The molecule has 0 aromatic heterocycles. The molecule has 3 N–H and O–H groups in total. The Kier molecular flexibility index (Phi) is 10.0. The molecule has 0 bridgehead atoms. The van der Waals surface area contributed by atoms with Gasteiger partial charge in [0.15, 0.2) is 5.96 Å². The summed E-state index contributed by atoms with van der Waals surface area (Å²) in [4.78, 5) is 18.1. The van der Waals surface area contributed by atoms with Crippen LogP contribution in [0.15, 0.2) is 35.3 Å². The fourth-order valence-electron chi connectivity index (χ4n) is 4.31. The fraction of sp³-hybridized carbons (Fsp3) is 0.636. The van der Waals surface area contributed by atoms with Crippen molar-refractivity contribution in [1.82, 2.24) is 10.2 Å². The molecule has 3 rings (SSSR count). The molecule has 1 heterocycles. The molecule has 0 atom stereocenters. The highest BCUT2D eigenvalue weighted by Gasteiger charge is 2.24. The van der Waals surface area contributed by atoms with Crippen LogP contribution < -0.4 is 11.1 Å². The monoisotopic (exact) mass is 514 g/mol. The number of guanidine groups is 1. The van der Waals surface area contributed by atoms with Crippen LogP contribution in [0.2, 0.25) is 0 Å². The Labute approximate surface area is 191 Å². The second-order valence-corrected chi connectivity index (χ2v) is 7.96. The number of hydrogen-bond acceptors (Lipinski definition) is 3. The van der Waals surface area contributed by atoms with Crippen LogP contribution in [0.4, 0.5) is 4.79 Å². The molecular weight excluding hydrogens is 479 g/mol. The normalized spacial score (nSPS) is 23.2. The van der Waals surface area contributed by atoms with Gasteiger partial charge in [-0.3, -0.25) is 4.99 Å². The molecule has 0 spiro atoms. The van der Waals surface area contributed by atoms with Gasteiger partial charge < -0.3 is 20.7 Å². The fourth-order valence-corrected chi connectivity index (χ4v) is 4.31. The van der Waals surface area contributed by atoms with Gasteiger partial charge >= 0.3 is 6.09 Å². The van der Waals surface area contributed by atoms with Crippen LogP contribution in [0.25, 0.3) is 0 Å². The topological polar surface area (TPSA) is 80.0 Å². The first-order valence-corrected chi connectivity index (χ1v) is 10.7. The van der Waals surface area contributed by atoms with E-state index in [2.05, 4.69) is 40.6 Å². The number of benzene rings is 1. The number of nitrogens with two attached hydrogens (primary N) is 1. The molecule has 0 radical (unpaired) electrons. The van der Waals surface area contributed by atoms with Crippen molar-refractivity contribution in [3.8, 4) is 0 Å². The molecule has 162 valence electrons. The van der Waals surface area contributed by atoms with Gasteiger partial charge in [-0.15, -0.1) is 24.0 Å². The Hall–Kier alpha value is -1.51. The summed E-state index contributed by atoms with van der Waals surface area (Å²) in [6, 6.07) is 11.1. The van der Waals surface area contributed by atoms with E-state index >= 15 is 0 Å². The van der Waals surface area contributed by atoms with Gasteiger partial charge in [0.2, 0.25) is 0 Å². The summed E-state index contributed by atoms with van der Waals surface area (Å²) in [5.74, 6) is 1.87. The number of rotatable bonds is 5.